The molecule has 3 rings (SSSR count). The predicted octanol–water partition coefficient (Wildman–Crippen LogP) is 3.47. The van der Waals surface area contributed by atoms with Gasteiger partial charge in [-0.1, -0.05) is 32.0 Å². The molecule has 0 saturated carbocycles. The molecular formula is C23H30N2O5S. The van der Waals surface area contributed by atoms with Gasteiger partial charge in [0.25, 0.3) is 5.91 Å². The zero-order chi connectivity index (χ0) is 22.6. The van der Waals surface area contributed by atoms with Gasteiger partial charge in [0.2, 0.25) is 10.0 Å². The number of rotatable bonds is 7. The van der Waals surface area contributed by atoms with E-state index in [-0.39, 0.29) is 23.3 Å². The van der Waals surface area contributed by atoms with Crippen molar-refractivity contribution in [2.75, 3.05) is 38.2 Å². The van der Waals surface area contributed by atoms with Crippen molar-refractivity contribution in [2.24, 2.45) is 0 Å². The summed E-state index contributed by atoms with van der Waals surface area (Å²) in [7, 11) is -3.57. The molecule has 168 valence electrons. The van der Waals surface area contributed by atoms with Gasteiger partial charge in [-0.2, -0.15) is 4.31 Å². The van der Waals surface area contributed by atoms with Crippen LogP contribution >= 0.6 is 0 Å². The lowest BCUT2D eigenvalue weighted by Gasteiger charge is -2.26. The van der Waals surface area contributed by atoms with Crippen LogP contribution in [0.4, 0.5) is 5.69 Å². The second-order valence-corrected chi connectivity index (χ2v) is 9.91. The van der Waals surface area contributed by atoms with Crippen LogP contribution in [0.5, 0.6) is 5.75 Å². The van der Waals surface area contributed by atoms with Crippen LogP contribution in [0, 0.1) is 13.8 Å². The Kier molecular flexibility index (Phi) is 7.35. The van der Waals surface area contributed by atoms with Gasteiger partial charge in [0.15, 0.2) is 6.61 Å². The summed E-state index contributed by atoms with van der Waals surface area (Å²) in [4.78, 5) is 12.7. The fourth-order valence-corrected chi connectivity index (χ4v) is 5.04. The summed E-state index contributed by atoms with van der Waals surface area (Å²) < 4.78 is 38.0. The summed E-state index contributed by atoms with van der Waals surface area (Å²) in [5, 5.41) is 2.95. The van der Waals surface area contributed by atoms with Gasteiger partial charge in [0.05, 0.1) is 18.1 Å². The molecule has 1 heterocycles. The first-order chi connectivity index (χ1) is 14.7. The molecule has 0 aliphatic carbocycles. The molecule has 0 spiro atoms. The Balaban J connectivity index is 1.67. The van der Waals surface area contributed by atoms with E-state index >= 15 is 0 Å². The Morgan fingerprint density at radius 2 is 1.84 bits per heavy atom. The van der Waals surface area contributed by atoms with E-state index in [0.29, 0.717) is 37.6 Å². The number of nitrogens with zero attached hydrogens (tertiary/aromatic N) is 1. The smallest absolute Gasteiger partial charge is 0.262 e. The summed E-state index contributed by atoms with van der Waals surface area (Å²) >= 11 is 0. The van der Waals surface area contributed by atoms with Crippen molar-refractivity contribution in [1.29, 1.82) is 0 Å². The summed E-state index contributed by atoms with van der Waals surface area (Å²) in [6, 6.07) is 10.6. The molecule has 0 bridgehead atoms. The largest absolute Gasteiger partial charge is 0.483 e. The maximum atomic E-state index is 12.8. The fraction of sp³-hybridized carbons (Fsp3) is 0.435. The number of morpholine rings is 1. The summed E-state index contributed by atoms with van der Waals surface area (Å²) in [5.41, 5.74) is 3.53. The molecule has 0 atom stereocenters. The number of aryl methyl sites for hydroxylation is 2. The average molecular weight is 447 g/mol. The third kappa shape index (κ3) is 5.44. The molecule has 2 aromatic rings. The fourth-order valence-electron chi connectivity index (χ4n) is 3.54. The zero-order valence-corrected chi connectivity index (χ0v) is 19.3. The molecule has 1 saturated heterocycles. The highest BCUT2D eigenvalue weighted by molar-refractivity contribution is 7.89. The first kappa shape index (κ1) is 23.2. The van der Waals surface area contributed by atoms with Gasteiger partial charge in [-0.05, 0) is 54.7 Å². The van der Waals surface area contributed by atoms with E-state index < -0.39 is 10.0 Å². The Morgan fingerprint density at radius 1 is 1.13 bits per heavy atom. The maximum Gasteiger partial charge on any atom is 0.262 e. The Hall–Kier alpha value is -2.42. The van der Waals surface area contributed by atoms with E-state index in [1.807, 2.05) is 25.1 Å². The van der Waals surface area contributed by atoms with Crippen LogP contribution in [-0.2, 0) is 19.6 Å². The summed E-state index contributed by atoms with van der Waals surface area (Å²) in [6.07, 6.45) is 0. The SMILES string of the molecule is Cc1cc(S(=O)(=O)N2CCOCC2)ccc1OCC(=O)Nc1c(C)cccc1C(C)C. The number of para-hydroxylation sites is 1. The number of carbonyl (C=O) groups is 1. The lowest BCUT2D eigenvalue weighted by atomic mass is 9.98. The zero-order valence-electron chi connectivity index (χ0n) is 18.5. The van der Waals surface area contributed by atoms with Crippen LogP contribution < -0.4 is 10.1 Å². The molecule has 2 aromatic carbocycles. The van der Waals surface area contributed by atoms with Gasteiger partial charge >= 0.3 is 0 Å². The number of carbonyl (C=O) groups excluding carboxylic acids is 1. The van der Waals surface area contributed by atoms with Gasteiger partial charge < -0.3 is 14.8 Å². The standard InChI is InChI=1S/C23H30N2O5S/c1-16(2)20-7-5-6-17(3)23(20)24-22(26)15-30-21-9-8-19(14-18(21)4)31(27,28)25-10-12-29-13-11-25/h5-9,14,16H,10-13,15H2,1-4H3,(H,24,26). The molecule has 0 aromatic heterocycles. The highest BCUT2D eigenvalue weighted by Crippen LogP contribution is 2.28. The lowest BCUT2D eigenvalue weighted by Crippen LogP contribution is -2.40. The monoisotopic (exact) mass is 446 g/mol. The third-order valence-electron chi connectivity index (χ3n) is 5.30. The van der Waals surface area contributed by atoms with Crippen molar-refractivity contribution < 1.29 is 22.7 Å². The highest BCUT2D eigenvalue weighted by atomic mass is 32.2. The minimum absolute atomic E-state index is 0.164. The second kappa shape index (κ2) is 9.80. The minimum atomic E-state index is -3.57. The molecule has 1 aliphatic rings. The molecule has 1 fully saturated rings. The number of nitrogens with one attached hydrogen (secondary N) is 1. The van der Waals surface area contributed by atoms with E-state index in [4.69, 9.17) is 9.47 Å². The Bertz CT molecular complexity index is 1040. The van der Waals surface area contributed by atoms with Gasteiger partial charge in [-0.25, -0.2) is 8.42 Å². The molecule has 1 N–H and O–H groups in total. The number of anilines is 1. The number of hydrogen-bond acceptors (Lipinski definition) is 5. The average Bonchev–Trinajstić information content (AvgIpc) is 2.74. The number of amides is 1. The number of hydrogen-bond donors (Lipinski definition) is 1. The van der Waals surface area contributed by atoms with Crippen LogP contribution in [-0.4, -0.2) is 51.5 Å². The van der Waals surface area contributed by atoms with E-state index in [9.17, 15) is 13.2 Å². The highest BCUT2D eigenvalue weighted by Gasteiger charge is 2.26. The van der Waals surface area contributed by atoms with E-state index in [0.717, 1.165) is 16.8 Å². The van der Waals surface area contributed by atoms with Crippen LogP contribution in [0.3, 0.4) is 0 Å². The quantitative estimate of drug-likeness (QED) is 0.704. The van der Waals surface area contributed by atoms with Crippen LogP contribution in [0.25, 0.3) is 0 Å². The second-order valence-electron chi connectivity index (χ2n) is 7.97. The minimum Gasteiger partial charge on any atom is -0.483 e. The predicted molar refractivity (Wildman–Crippen MR) is 120 cm³/mol. The van der Waals surface area contributed by atoms with E-state index in [2.05, 4.69) is 19.2 Å². The first-order valence-corrected chi connectivity index (χ1v) is 11.8. The molecule has 0 radical (unpaired) electrons. The summed E-state index contributed by atoms with van der Waals surface area (Å²) in [6.45, 7) is 9.20. The molecule has 7 nitrogen and oxygen atoms in total. The van der Waals surface area contributed by atoms with Crippen molar-refractivity contribution in [3.05, 3.63) is 53.1 Å². The van der Waals surface area contributed by atoms with E-state index in [1.54, 1.807) is 19.1 Å². The third-order valence-corrected chi connectivity index (χ3v) is 7.20. The van der Waals surface area contributed by atoms with Crippen molar-refractivity contribution in [3.8, 4) is 5.75 Å². The van der Waals surface area contributed by atoms with Crippen LogP contribution in [0.2, 0.25) is 0 Å². The number of sulfonamides is 1. The maximum absolute atomic E-state index is 12.8. The van der Waals surface area contributed by atoms with Gasteiger partial charge in [-0.3, -0.25) is 4.79 Å². The summed E-state index contributed by atoms with van der Waals surface area (Å²) in [5.74, 6) is 0.491. The molecular weight excluding hydrogens is 416 g/mol. The number of ether oxygens (including phenoxy) is 2. The Labute approximate surface area is 184 Å². The van der Waals surface area contributed by atoms with Crippen LogP contribution in [0.15, 0.2) is 41.3 Å². The lowest BCUT2D eigenvalue weighted by molar-refractivity contribution is -0.118. The molecule has 31 heavy (non-hydrogen) atoms. The first-order valence-electron chi connectivity index (χ1n) is 10.4. The molecule has 8 heteroatoms. The van der Waals surface area contributed by atoms with Crippen molar-refractivity contribution in [3.63, 3.8) is 0 Å². The van der Waals surface area contributed by atoms with Crippen molar-refractivity contribution in [1.82, 2.24) is 4.31 Å². The van der Waals surface area contributed by atoms with Crippen LogP contribution in [0.1, 0.15) is 36.5 Å². The van der Waals surface area contributed by atoms with Gasteiger partial charge in [0, 0.05) is 18.8 Å². The van der Waals surface area contributed by atoms with E-state index in [1.165, 1.54) is 10.4 Å². The topological polar surface area (TPSA) is 84.9 Å². The molecule has 0 unspecified atom stereocenters. The van der Waals surface area contributed by atoms with Gasteiger partial charge in [-0.15, -0.1) is 0 Å². The molecule has 1 amide bonds. The van der Waals surface area contributed by atoms with Crippen molar-refractivity contribution >= 4 is 21.6 Å². The normalized spacial score (nSPS) is 15.1. The Morgan fingerprint density at radius 3 is 2.48 bits per heavy atom. The molecule has 1 aliphatic heterocycles. The number of benzene rings is 2. The van der Waals surface area contributed by atoms with Crippen molar-refractivity contribution in [2.45, 2.75) is 38.5 Å². The van der Waals surface area contributed by atoms with Gasteiger partial charge in [0.1, 0.15) is 5.75 Å².